The second-order valence-corrected chi connectivity index (χ2v) is 4.96. The molecule has 22 heavy (non-hydrogen) atoms. The van der Waals surface area contributed by atoms with Gasteiger partial charge in [0.25, 0.3) is 0 Å². The highest BCUT2D eigenvalue weighted by molar-refractivity contribution is 5.74. The normalized spacial score (nSPS) is 11.4. The van der Waals surface area contributed by atoms with Crippen LogP contribution in [0.25, 0.3) is 0 Å². The summed E-state index contributed by atoms with van der Waals surface area (Å²) in [7, 11) is 3.10. The number of benzene rings is 1. The van der Waals surface area contributed by atoms with Gasteiger partial charge in [0.15, 0.2) is 0 Å². The lowest BCUT2D eigenvalue weighted by atomic mass is 10.1. The minimum absolute atomic E-state index is 0.0330. The topological polar surface area (TPSA) is 45.4 Å². The second kappa shape index (κ2) is 6.23. The van der Waals surface area contributed by atoms with Crippen molar-refractivity contribution in [2.24, 2.45) is 5.84 Å². The first-order chi connectivity index (χ1) is 10.3. The van der Waals surface area contributed by atoms with E-state index in [2.05, 4.69) is 4.98 Å². The lowest BCUT2D eigenvalue weighted by Crippen LogP contribution is -2.30. The molecule has 0 aliphatic rings. The van der Waals surface area contributed by atoms with E-state index in [0.717, 1.165) is 6.07 Å². The standard InChI is InChI=1S/C15H17F3N4/c1-21(10-11-6-3-4-9-20-11)14-12(15(16,17)18)7-5-8-13(14)22(2)19/h3-9H,10,19H2,1-2H3. The predicted octanol–water partition coefficient (Wildman–Crippen LogP) is 3.05. The van der Waals surface area contributed by atoms with Gasteiger partial charge < -0.3 is 9.91 Å². The monoisotopic (exact) mass is 310 g/mol. The molecule has 7 heteroatoms. The van der Waals surface area contributed by atoms with Crippen LogP contribution >= 0.6 is 0 Å². The van der Waals surface area contributed by atoms with Gasteiger partial charge in [0, 0.05) is 20.3 Å². The highest BCUT2D eigenvalue weighted by Crippen LogP contribution is 2.41. The number of hydrogen-bond donors (Lipinski definition) is 1. The number of nitrogens with two attached hydrogens (primary N) is 1. The van der Waals surface area contributed by atoms with E-state index in [1.165, 1.54) is 23.0 Å². The Hall–Kier alpha value is -2.28. The summed E-state index contributed by atoms with van der Waals surface area (Å²) in [6, 6.07) is 9.27. The number of hydrazine groups is 1. The molecular formula is C15H17F3N4. The number of anilines is 2. The van der Waals surface area contributed by atoms with Gasteiger partial charge in [0.1, 0.15) is 0 Å². The Kier molecular flexibility index (Phi) is 4.56. The highest BCUT2D eigenvalue weighted by atomic mass is 19.4. The van der Waals surface area contributed by atoms with Crippen molar-refractivity contribution in [3.63, 3.8) is 0 Å². The van der Waals surface area contributed by atoms with Crippen LogP contribution in [0.2, 0.25) is 0 Å². The number of rotatable bonds is 4. The molecule has 1 aromatic heterocycles. The predicted molar refractivity (Wildman–Crippen MR) is 80.4 cm³/mol. The van der Waals surface area contributed by atoms with Gasteiger partial charge in [-0.05, 0) is 24.3 Å². The van der Waals surface area contributed by atoms with Gasteiger partial charge >= 0.3 is 6.18 Å². The average molecular weight is 310 g/mol. The van der Waals surface area contributed by atoms with Crippen LogP contribution in [0.15, 0.2) is 42.6 Å². The highest BCUT2D eigenvalue weighted by Gasteiger charge is 2.36. The van der Waals surface area contributed by atoms with E-state index in [1.807, 2.05) is 0 Å². The number of aromatic nitrogens is 1. The van der Waals surface area contributed by atoms with E-state index in [-0.39, 0.29) is 12.2 Å². The van der Waals surface area contributed by atoms with Crippen molar-refractivity contribution in [1.82, 2.24) is 4.98 Å². The molecule has 0 spiro atoms. The Bertz CT molecular complexity index is 626. The zero-order chi connectivity index (χ0) is 16.3. The quantitative estimate of drug-likeness (QED) is 0.696. The zero-order valence-electron chi connectivity index (χ0n) is 12.3. The summed E-state index contributed by atoms with van der Waals surface area (Å²) in [4.78, 5) is 5.65. The Morgan fingerprint density at radius 1 is 1.09 bits per heavy atom. The summed E-state index contributed by atoms with van der Waals surface area (Å²) in [5.41, 5.74) is 0.284. The maximum Gasteiger partial charge on any atom is 0.418 e. The molecule has 0 aliphatic heterocycles. The van der Waals surface area contributed by atoms with Crippen molar-refractivity contribution in [1.29, 1.82) is 0 Å². The smallest absolute Gasteiger partial charge is 0.366 e. The first-order valence-corrected chi connectivity index (χ1v) is 6.60. The average Bonchev–Trinajstić information content (AvgIpc) is 2.46. The Morgan fingerprint density at radius 2 is 1.82 bits per heavy atom. The molecule has 0 amide bonds. The SMILES string of the molecule is CN(N)c1cccc(C(F)(F)F)c1N(C)Cc1ccccn1. The summed E-state index contributed by atoms with van der Waals surface area (Å²) < 4.78 is 39.9. The molecule has 0 bridgehead atoms. The summed E-state index contributed by atoms with van der Waals surface area (Å²) in [6.07, 6.45) is -2.85. The molecule has 0 aliphatic carbocycles. The van der Waals surface area contributed by atoms with E-state index >= 15 is 0 Å². The molecule has 2 N–H and O–H groups in total. The van der Waals surface area contributed by atoms with Crippen molar-refractivity contribution < 1.29 is 13.2 Å². The molecule has 0 atom stereocenters. The van der Waals surface area contributed by atoms with Crippen LogP contribution < -0.4 is 15.8 Å². The van der Waals surface area contributed by atoms with Gasteiger partial charge in [-0.2, -0.15) is 13.2 Å². The van der Waals surface area contributed by atoms with Crippen LogP contribution in [0.4, 0.5) is 24.5 Å². The maximum absolute atomic E-state index is 13.3. The molecule has 2 aromatic rings. The Balaban J connectivity index is 2.47. The summed E-state index contributed by atoms with van der Waals surface area (Å²) >= 11 is 0. The maximum atomic E-state index is 13.3. The van der Waals surface area contributed by atoms with Crippen molar-refractivity contribution in [3.8, 4) is 0 Å². The van der Waals surface area contributed by atoms with Gasteiger partial charge in [-0.15, -0.1) is 0 Å². The first-order valence-electron chi connectivity index (χ1n) is 6.60. The van der Waals surface area contributed by atoms with Crippen LogP contribution in [0.3, 0.4) is 0 Å². The van der Waals surface area contributed by atoms with Gasteiger partial charge in [-0.3, -0.25) is 4.98 Å². The fourth-order valence-corrected chi connectivity index (χ4v) is 2.26. The van der Waals surface area contributed by atoms with Crippen molar-refractivity contribution in [2.75, 3.05) is 24.0 Å². The van der Waals surface area contributed by atoms with Gasteiger partial charge in [0.05, 0.1) is 29.2 Å². The molecule has 1 heterocycles. The van der Waals surface area contributed by atoms with Gasteiger partial charge in [-0.1, -0.05) is 12.1 Å². The van der Waals surface area contributed by atoms with E-state index in [1.54, 1.807) is 37.5 Å². The molecule has 0 unspecified atom stereocenters. The lowest BCUT2D eigenvalue weighted by molar-refractivity contribution is -0.137. The molecule has 0 saturated heterocycles. The molecule has 0 radical (unpaired) electrons. The minimum Gasteiger partial charge on any atom is -0.366 e. The molecule has 118 valence electrons. The zero-order valence-corrected chi connectivity index (χ0v) is 12.3. The summed E-state index contributed by atoms with van der Waals surface area (Å²) in [6.45, 7) is 0.245. The van der Waals surface area contributed by atoms with Crippen LogP contribution in [0.1, 0.15) is 11.3 Å². The van der Waals surface area contributed by atoms with E-state index < -0.39 is 11.7 Å². The van der Waals surface area contributed by atoms with Crippen molar-refractivity contribution in [3.05, 3.63) is 53.9 Å². The van der Waals surface area contributed by atoms with Crippen LogP contribution in [0, 0.1) is 0 Å². The van der Waals surface area contributed by atoms with E-state index in [9.17, 15) is 13.2 Å². The fourth-order valence-electron chi connectivity index (χ4n) is 2.26. The molecular weight excluding hydrogens is 293 g/mol. The largest absolute Gasteiger partial charge is 0.418 e. The molecule has 2 rings (SSSR count). The second-order valence-electron chi connectivity index (χ2n) is 4.96. The molecule has 4 nitrogen and oxygen atoms in total. The van der Waals surface area contributed by atoms with E-state index in [4.69, 9.17) is 5.84 Å². The fraction of sp³-hybridized carbons (Fsp3) is 0.267. The number of nitrogens with zero attached hydrogens (tertiary/aromatic N) is 3. The van der Waals surface area contributed by atoms with E-state index in [0.29, 0.717) is 11.4 Å². The van der Waals surface area contributed by atoms with Crippen molar-refractivity contribution >= 4 is 11.4 Å². The minimum atomic E-state index is -4.46. The third-order valence-corrected chi connectivity index (χ3v) is 3.21. The molecule has 0 saturated carbocycles. The van der Waals surface area contributed by atoms with Crippen LogP contribution in [0.5, 0.6) is 0 Å². The summed E-state index contributed by atoms with van der Waals surface area (Å²) in [5, 5.41) is 1.18. The third-order valence-electron chi connectivity index (χ3n) is 3.21. The molecule has 0 fully saturated rings. The van der Waals surface area contributed by atoms with Gasteiger partial charge in [0.2, 0.25) is 0 Å². The third kappa shape index (κ3) is 3.48. The first kappa shape index (κ1) is 16.1. The van der Waals surface area contributed by atoms with Crippen molar-refractivity contribution in [2.45, 2.75) is 12.7 Å². The number of halogens is 3. The number of pyridine rings is 1. The number of alkyl halides is 3. The number of hydrogen-bond acceptors (Lipinski definition) is 4. The van der Waals surface area contributed by atoms with Crippen LogP contribution in [-0.4, -0.2) is 19.1 Å². The molecule has 1 aromatic carbocycles. The number of para-hydroxylation sites is 1. The summed E-state index contributed by atoms with van der Waals surface area (Å²) in [5.74, 6) is 5.68. The van der Waals surface area contributed by atoms with Crippen LogP contribution in [-0.2, 0) is 12.7 Å². The van der Waals surface area contributed by atoms with Gasteiger partial charge in [-0.25, -0.2) is 5.84 Å². The Labute approximate surface area is 126 Å². The lowest BCUT2D eigenvalue weighted by Gasteiger charge is -2.28. The Morgan fingerprint density at radius 3 is 2.36 bits per heavy atom.